The molecule has 0 unspecified atom stereocenters. The summed E-state index contributed by atoms with van der Waals surface area (Å²) in [7, 11) is 1.69. The Morgan fingerprint density at radius 3 is 1.24 bits per heavy atom. The minimum absolute atomic E-state index is 0.0832. The maximum atomic E-state index is 14.3. The van der Waals surface area contributed by atoms with Crippen LogP contribution in [0.5, 0.6) is 0 Å². The number of ketones is 1. The van der Waals surface area contributed by atoms with Crippen LogP contribution in [-0.2, 0) is 20.0 Å². The molecule has 0 radical (unpaired) electrons. The van der Waals surface area contributed by atoms with Crippen LogP contribution in [0.25, 0.3) is 0 Å². The molecule has 0 aliphatic heterocycles. The van der Waals surface area contributed by atoms with Crippen molar-refractivity contribution >= 4 is 74.5 Å². The van der Waals surface area contributed by atoms with Crippen molar-refractivity contribution in [3.63, 3.8) is 0 Å². The molecule has 2 amide bonds. The molecule has 6 nitrogen and oxygen atoms in total. The van der Waals surface area contributed by atoms with Gasteiger partial charge in [0.25, 0.3) is 11.8 Å². The molecule has 2 N–H and O–H groups in total. The summed E-state index contributed by atoms with van der Waals surface area (Å²) in [5.41, 5.74) is 2.40. The van der Waals surface area contributed by atoms with Gasteiger partial charge in [0, 0.05) is 18.3 Å². The molecule has 0 spiro atoms. The van der Waals surface area contributed by atoms with Crippen LogP contribution >= 0.6 is 25.0 Å². The van der Waals surface area contributed by atoms with Gasteiger partial charge in [0.2, 0.25) is 0 Å². The second-order valence-corrected chi connectivity index (χ2v) is 20.5. The van der Waals surface area contributed by atoms with E-state index in [1.807, 2.05) is 72.8 Å². The molecule has 1 aliphatic carbocycles. The molecule has 0 bridgehead atoms. The number of nitrogens with zero attached hydrogens (tertiary/aromatic N) is 1. The Kier molecular flexibility index (Phi) is 18.4. The van der Waals surface area contributed by atoms with Gasteiger partial charge in [0.05, 0.1) is 32.7 Å². The number of nitrogens with one attached hydrogen (secondary N) is 2. The van der Waals surface area contributed by atoms with Crippen molar-refractivity contribution in [2.24, 2.45) is 0 Å². The first kappa shape index (κ1) is 48.1. The third kappa shape index (κ3) is 12.5. The van der Waals surface area contributed by atoms with Crippen molar-refractivity contribution < 1.29 is 34.4 Å². The van der Waals surface area contributed by atoms with Gasteiger partial charge in [-0.2, -0.15) is 0 Å². The summed E-state index contributed by atoms with van der Waals surface area (Å²) in [6, 6.07) is 73.1. The summed E-state index contributed by atoms with van der Waals surface area (Å²) in [4.78, 5) is 44.2. The Labute approximate surface area is 406 Å². The molecule has 1 aromatic heterocycles. The van der Waals surface area contributed by atoms with Gasteiger partial charge in [-0.25, -0.2) is 0 Å². The number of benzene rings is 7. The summed E-state index contributed by atoms with van der Waals surface area (Å²) in [6.45, 7) is 0. The molecular formula is C56H50AuClN3O3P2+. The van der Waals surface area contributed by atoms with Crippen molar-refractivity contribution in [2.45, 2.75) is 37.8 Å². The summed E-state index contributed by atoms with van der Waals surface area (Å²) in [6.07, 6.45) is 5.26. The van der Waals surface area contributed by atoms with E-state index in [0.717, 1.165) is 36.3 Å². The van der Waals surface area contributed by atoms with Gasteiger partial charge in [-0.15, -0.1) is 35.9 Å². The van der Waals surface area contributed by atoms with Gasteiger partial charge in [-0.05, 0) is 97.8 Å². The summed E-state index contributed by atoms with van der Waals surface area (Å²) in [5.74, 6) is -0.258. The zero-order chi connectivity index (χ0) is 45.9. The number of carbonyl (C=O) groups excluding carboxylic acids is 3. The molecule has 1 heterocycles. The van der Waals surface area contributed by atoms with E-state index >= 15 is 0 Å². The number of halogens is 1. The molecule has 7 aromatic carbocycles. The normalized spacial score (nSPS) is 14.1. The van der Waals surface area contributed by atoms with Crippen molar-refractivity contribution in [1.82, 2.24) is 15.6 Å². The van der Waals surface area contributed by atoms with E-state index in [-0.39, 0.29) is 29.7 Å². The van der Waals surface area contributed by atoms with Crippen LogP contribution in [0.15, 0.2) is 219 Å². The van der Waals surface area contributed by atoms with Crippen LogP contribution in [0.2, 0.25) is 0 Å². The standard InChI is InChI=1S/C44H40N2O2P2.C12H8NO.Au.ClH/c47-43(37-27-13-17-31-41(37)49(33-19-5-1-6-20-33)34-21-7-2-8-22-34)45-39-29-15-16-30-40(39)46-44(48)38-28-14-18-32-42(38)50(35-23-9-3-10-24-35)36-25-11-4-12-26-36;14-12(10-6-2-1-3-7-10)11-8-4-5-9-13-11;;/h1-14,17-28,31-32,39-40H,15-16,29-30H2,(H,45,47)(H,46,48);1-6,8-9H;;1H/q;-1;+1;/p+1/t39-,40-;;;/m1.../s1. The van der Waals surface area contributed by atoms with Crippen LogP contribution in [0.4, 0.5) is 0 Å². The van der Waals surface area contributed by atoms with Gasteiger partial charge in [-0.1, -0.05) is 116 Å². The van der Waals surface area contributed by atoms with Crippen molar-refractivity contribution in [3.8, 4) is 0 Å². The van der Waals surface area contributed by atoms with Gasteiger partial charge in [-0.3, -0.25) is 14.6 Å². The number of hydrogen-bond donors (Lipinski definition) is 2. The van der Waals surface area contributed by atoms with E-state index in [9.17, 15) is 14.4 Å². The molecule has 0 saturated heterocycles. The molecule has 2 atom stereocenters. The Balaban J connectivity index is 0.000000342. The molecule has 334 valence electrons. The third-order valence-electron chi connectivity index (χ3n) is 11.4. The topological polar surface area (TPSA) is 88.2 Å². The van der Waals surface area contributed by atoms with Crippen LogP contribution in [0, 0.1) is 6.07 Å². The molecule has 1 aliphatic rings. The first-order valence-corrected chi connectivity index (χ1v) is 27.5. The number of amides is 2. The molecular weight excluding hydrogens is 1060 g/mol. The predicted octanol–water partition coefficient (Wildman–Crippen LogP) is 8.94. The van der Waals surface area contributed by atoms with E-state index in [4.69, 9.17) is 0 Å². The Hall–Kier alpha value is -5.81. The second-order valence-electron chi connectivity index (χ2n) is 15.6. The predicted molar refractivity (Wildman–Crippen MR) is 273 cm³/mol. The molecule has 1 fully saturated rings. The molecule has 10 heteroatoms. The van der Waals surface area contributed by atoms with Gasteiger partial charge < -0.3 is 15.4 Å². The van der Waals surface area contributed by atoms with Gasteiger partial charge in [0.15, 0.2) is 0 Å². The van der Waals surface area contributed by atoms with Crippen LogP contribution in [-0.4, -0.2) is 34.7 Å². The number of aromatic nitrogens is 1. The van der Waals surface area contributed by atoms with Gasteiger partial charge >= 0.3 is 29.2 Å². The number of hydrogen-bond acceptors (Lipinski definition) is 4. The second kappa shape index (κ2) is 25.2. The number of carbonyl (C=O) groups is 3. The van der Waals surface area contributed by atoms with Gasteiger partial charge in [0.1, 0.15) is 37.6 Å². The van der Waals surface area contributed by atoms with E-state index in [1.54, 1.807) is 56.5 Å². The Bertz CT molecular complexity index is 2490. The Morgan fingerprint density at radius 1 is 0.485 bits per heavy atom. The maximum absolute atomic E-state index is 14.3. The van der Waals surface area contributed by atoms with E-state index in [2.05, 4.69) is 140 Å². The van der Waals surface area contributed by atoms with Crippen molar-refractivity contribution in [1.29, 1.82) is 0 Å². The fourth-order valence-electron chi connectivity index (χ4n) is 8.31. The van der Waals surface area contributed by atoms with E-state index in [0.29, 0.717) is 22.4 Å². The zero-order valence-electron chi connectivity index (χ0n) is 36.1. The zero-order valence-corrected chi connectivity index (χ0v) is 41.0. The molecule has 8 aromatic rings. The fraction of sp³-hybridized carbons (Fsp3) is 0.107. The molecule has 1 saturated carbocycles. The van der Waals surface area contributed by atoms with Crippen molar-refractivity contribution in [2.75, 3.05) is 0 Å². The average molecular weight is 1110 g/mol. The van der Waals surface area contributed by atoms with Crippen LogP contribution in [0.3, 0.4) is 0 Å². The molecule has 9 rings (SSSR count). The summed E-state index contributed by atoms with van der Waals surface area (Å²) < 4.78 is 0. The fourth-order valence-corrected chi connectivity index (χ4v) is 13.8. The number of pyridine rings is 1. The minimum atomic E-state index is -1.45. The van der Waals surface area contributed by atoms with Crippen LogP contribution < -0.4 is 42.5 Å². The molecule has 66 heavy (non-hydrogen) atoms. The summed E-state index contributed by atoms with van der Waals surface area (Å²) in [5, 5.41) is 13.9. The van der Waals surface area contributed by atoms with Crippen molar-refractivity contribution in [3.05, 3.63) is 247 Å². The first-order chi connectivity index (χ1) is 32.5. The van der Waals surface area contributed by atoms with E-state index in [1.165, 1.54) is 21.2 Å². The number of rotatable bonds is 12. The summed E-state index contributed by atoms with van der Waals surface area (Å²) >= 11 is 1.75. The third-order valence-corrected chi connectivity index (χ3v) is 17.0. The quantitative estimate of drug-likeness (QED) is 0.0554. The SMILES string of the molecule is O=C(N[C@@H]1CCCC[C@H]1NC(=O)c1ccccc1[PH+](c1ccccc1)c1ccccc1)c1ccccc1[PH+](c1ccccc1)c1ccccc1.O=C(c1[c-]cccc1)c1ccccn1.[Cl][Au]. The Morgan fingerprint density at radius 2 is 0.864 bits per heavy atom. The van der Waals surface area contributed by atoms with Crippen LogP contribution in [0.1, 0.15) is 62.5 Å². The average Bonchev–Trinajstić information content (AvgIpc) is 3.40. The monoisotopic (exact) mass is 1110 g/mol. The first-order valence-electron chi connectivity index (χ1n) is 21.8. The van der Waals surface area contributed by atoms with E-state index < -0.39 is 15.8 Å².